The molecule has 0 spiro atoms. The van der Waals surface area contributed by atoms with Gasteiger partial charge in [-0.3, -0.25) is 0 Å². The molecule has 0 aromatic heterocycles. The molecule has 0 aromatic carbocycles. The molecule has 2 aliphatic rings. The van der Waals surface area contributed by atoms with E-state index < -0.39 is 86.8 Å². The van der Waals surface area contributed by atoms with E-state index in [1.54, 1.807) is 0 Å². The second-order valence-corrected chi connectivity index (χ2v) is 8.56. The number of hydrogen-bond donors (Lipinski definition) is 10. The van der Waals surface area contributed by atoms with E-state index in [9.17, 15) is 40.9 Å². The molecule has 15 nitrogen and oxygen atoms in total. The molecular weight excluding hydrogens is 480 g/mol. The lowest BCUT2D eigenvalue weighted by molar-refractivity contribution is -0.302. The molecule has 2 heterocycles. The third-order valence-corrected chi connectivity index (χ3v) is 5.78. The lowest BCUT2D eigenvalue weighted by atomic mass is 9.99. The molecule has 0 radical (unpaired) electrons. The summed E-state index contributed by atoms with van der Waals surface area (Å²) in [5, 5.41) is 96.9. The number of aliphatic hydroxyl groups excluding tert-OH is 10. The van der Waals surface area contributed by atoms with Gasteiger partial charge in [-0.05, 0) is 12.8 Å². The Morgan fingerprint density at radius 1 is 0.571 bits per heavy atom. The van der Waals surface area contributed by atoms with Crippen LogP contribution in [0.1, 0.15) is 12.8 Å². The van der Waals surface area contributed by atoms with Gasteiger partial charge in [0.2, 0.25) is 0 Å². The second-order valence-electron chi connectivity index (χ2n) is 8.56. The highest BCUT2D eigenvalue weighted by Gasteiger charge is 2.45. The molecule has 0 aromatic rings. The van der Waals surface area contributed by atoms with Gasteiger partial charge in [0.05, 0.1) is 51.8 Å². The van der Waals surface area contributed by atoms with Crippen LogP contribution in [0.25, 0.3) is 0 Å². The Labute approximate surface area is 201 Å². The van der Waals surface area contributed by atoms with E-state index in [0.717, 1.165) is 0 Å². The van der Waals surface area contributed by atoms with Crippen molar-refractivity contribution >= 4 is 0 Å². The summed E-state index contributed by atoms with van der Waals surface area (Å²) in [6, 6.07) is 0. The lowest BCUT2D eigenvalue weighted by Gasteiger charge is -2.39. The minimum atomic E-state index is -1.56. The van der Waals surface area contributed by atoms with Crippen LogP contribution in [0.2, 0.25) is 0 Å². The van der Waals surface area contributed by atoms with Crippen LogP contribution in [0.15, 0.2) is 0 Å². The van der Waals surface area contributed by atoms with E-state index in [4.69, 9.17) is 33.9 Å². The van der Waals surface area contributed by atoms with E-state index in [1.165, 1.54) is 0 Å². The van der Waals surface area contributed by atoms with Gasteiger partial charge in [-0.2, -0.15) is 0 Å². The van der Waals surface area contributed by atoms with Crippen molar-refractivity contribution in [1.82, 2.24) is 0 Å². The van der Waals surface area contributed by atoms with Crippen LogP contribution in [-0.2, 0) is 23.7 Å². The maximum Gasteiger partial charge on any atom is 0.186 e. The fourth-order valence-electron chi connectivity index (χ4n) is 3.56. The number of rotatable bonds is 14. The van der Waals surface area contributed by atoms with E-state index >= 15 is 0 Å². The first-order valence-electron chi connectivity index (χ1n) is 11.4. The molecule has 12 atom stereocenters. The first-order chi connectivity index (χ1) is 16.6. The van der Waals surface area contributed by atoms with E-state index in [-0.39, 0.29) is 39.3 Å². The van der Waals surface area contributed by atoms with E-state index in [1.807, 2.05) is 0 Å². The largest absolute Gasteiger partial charge is 0.394 e. The molecule has 15 heteroatoms. The number of hydrogen-bond acceptors (Lipinski definition) is 15. The van der Waals surface area contributed by atoms with Crippen LogP contribution in [0.5, 0.6) is 0 Å². The van der Waals surface area contributed by atoms with Gasteiger partial charge in [-0.15, -0.1) is 0 Å². The zero-order valence-corrected chi connectivity index (χ0v) is 19.1. The number of ether oxygens (including phenoxy) is 5. The molecular formula is C20H38O15. The van der Waals surface area contributed by atoms with Crippen molar-refractivity contribution in [2.75, 3.05) is 39.6 Å². The number of aliphatic hydroxyl groups is 10. The Morgan fingerprint density at radius 3 is 1.29 bits per heavy atom. The SMILES string of the molecule is OC[C@H]1O[C@H](OCC[C@@H](O)COC[C@@H](O)CCO[C@H]2O[C@H](CO)[C@@H](O)[C@H](O)[C@H]2O)[C@H](O)[C@@H](O)[C@@H]1O. The summed E-state index contributed by atoms with van der Waals surface area (Å²) >= 11 is 0. The lowest BCUT2D eigenvalue weighted by Crippen LogP contribution is -2.59. The molecule has 2 rings (SSSR count). The van der Waals surface area contributed by atoms with Crippen molar-refractivity contribution in [2.45, 2.75) is 86.5 Å². The molecule has 2 aliphatic heterocycles. The van der Waals surface area contributed by atoms with Gasteiger partial charge in [0.15, 0.2) is 12.6 Å². The van der Waals surface area contributed by atoms with Crippen molar-refractivity contribution in [2.24, 2.45) is 0 Å². The van der Waals surface area contributed by atoms with Gasteiger partial charge in [0, 0.05) is 0 Å². The molecule has 0 saturated carbocycles. The summed E-state index contributed by atoms with van der Waals surface area (Å²) in [5.74, 6) is 0. The van der Waals surface area contributed by atoms with Gasteiger partial charge in [-0.1, -0.05) is 0 Å². The van der Waals surface area contributed by atoms with E-state index in [2.05, 4.69) is 0 Å². The van der Waals surface area contributed by atoms with Crippen molar-refractivity contribution in [3.8, 4) is 0 Å². The van der Waals surface area contributed by atoms with Gasteiger partial charge < -0.3 is 74.7 Å². The van der Waals surface area contributed by atoms with Crippen LogP contribution in [-0.4, -0.2) is 164 Å². The van der Waals surface area contributed by atoms with Gasteiger partial charge in [-0.25, -0.2) is 0 Å². The predicted octanol–water partition coefficient (Wildman–Crippen LogP) is -5.86. The molecule has 208 valence electrons. The fraction of sp³-hybridized carbons (Fsp3) is 1.00. The monoisotopic (exact) mass is 518 g/mol. The summed E-state index contributed by atoms with van der Waals surface area (Å²) in [4.78, 5) is 0. The molecule has 0 bridgehead atoms. The molecule has 35 heavy (non-hydrogen) atoms. The highest BCUT2D eigenvalue weighted by molar-refractivity contribution is 4.89. The summed E-state index contributed by atoms with van der Waals surface area (Å²) < 4.78 is 26.1. The predicted molar refractivity (Wildman–Crippen MR) is 112 cm³/mol. The highest BCUT2D eigenvalue weighted by Crippen LogP contribution is 2.23. The van der Waals surface area contributed by atoms with E-state index in [0.29, 0.717) is 0 Å². The minimum Gasteiger partial charge on any atom is -0.394 e. The van der Waals surface area contributed by atoms with Crippen LogP contribution >= 0.6 is 0 Å². The molecule has 10 N–H and O–H groups in total. The smallest absolute Gasteiger partial charge is 0.186 e. The van der Waals surface area contributed by atoms with Gasteiger partial charge in [0.25, 0.3) is 0 Å². The molecule has 2 fully saturated rings. The van der Waals surface area contributed by atoms with Crippen molar-refractivity contribution in [3.63, 3.8) is 0 Å². The summed E-state index contributed by atoms with van der Waals surface area (Å²) in [6.45, 7) is -1.66. The Morgan fingerprint density at radius 2 is 0.943 bits per heavy atom. The third-order valence-electron chi connectivity index (χ3n) is 5.78. The fourth-order valence-corrected chi connectivity index (χ4v) is 3.56. The van der Waals surface area contributed by atoms with Crippen LogP contribution < -0.4 is 0 Å². The van der Waals surface area contributed by atoms with Crippen molar-refractivity contribution in [1.29, 1.82) is 0 Å². The highest BCUT2D eigenvalue weighted by atomic mass is 16.7. The second kappa shape index (κ2) is 15.0. The van der Waals surface area contributed by atoms with Crippen molar-refractivity contribution in [3.05, 3.63) is 0 Å². The zero-order chi connectivity index (χ0) is 26.1. The first-order valence-corrected chi connectivity index (χ1v) is 11.4. The molecule has 0 amide bonds. The minimum absolute atomic E-state index is 0.0608. The maximum atomic E-state index is 9.97. The first kappa shape index (κ1) is 30.6. The molecule has 0 aliphatic carbocycles. The standard InChI is InChI=1S/C20H38O15/c21-5-11-13(25)15(27)17(29)19(34-11)32-3-1-9(23)7-31-8-10(24)2-4-33-20-18(30)16(28)14(26)12(6-22)35-20/h9-30H,1-8H2/t9-,10+,11-,12-,13-,14-,15+,16+,17-,18-,19+,20+/m1/s1. The topological polar surface area (TPSA) is 248 Å². The quantitative estimate of drug-likeness (QED) is 0.103. The Balaban J connectivity index is 1.58. The normalized spacial score (nSPS) is 39.9. The summed E-state index contributed by atoms with van der Waals surface area (Å²) in [6.07, 6.45) is -15.9. The van der Waals surface area contributed by atoms with Crippen LogP contribution in [0, 0.1) is 0 Å². The van der Waals surface area contributed by atoms with Crippen molar-refractivity contribution < 1.29 is 74.7 Å². The maximum absolute atomic E-state index is 9.97. The summed E-state index contributed by atoms with van der Waals surface area (Å²) in [7, 11) is 0. The Bertz CT molecular complexity index is 533. The Hall–Kier alpha value is -0.600. The molecule has 0 unspecified atom stereocenters. The zero-order valence-electron chi connectivity index (χ0n) is 19.1. The third kappa shape index (κ3) is 8.74. The Kier molecular flexibility index (Phi) is 13.1. The van der Waals surface area contributed by atoms with Crippen LogP contribution in [0.3, 0.4) is 0 Å². The average molecular weight is 519 g/mol. The van der Waals surface area contributed by atoms with Crippen LogP contribution in [0.4, 0.5) is 0 Å². The average Bonchev–Trinajstić information content (AvgIpc) is 2.84. The van der Waals surface area contributed by atoms with Gasteiger partial charge >= 0.3 is 0 Å². The molecule has 2 saturated heterocycles. The summed E-state index contributed by atoms with van der Waals surface area (Å²) in [5.41, 5.74) is 0. The van der Waals surface area contributed by atoms with Gasteiger partial charge in [0.1, 0.15) is 48.8 Å².